The molecule has 0 radical (unpaired) electrons. The van der Waals surface area contributed by atoms with Crippen LogP contribution in [0.4, 0.5) is 5.82 Å². The highest BCUT2D eigenvalue weighted by atomic mass is 16.1. The number of hydrogen-bond donors (Lipinski definition) is 1. The van der Waals surface area contributed by atoms with Crippen molar-refractivity contribution in [2.75, 3.05) is 5.73 Å². The van der Waals surface area contributed by atoms with Crippen LogP contribution in [0.15, 0.2) is 36.5 Å². The number of aryl methyl sites for hydroxylation is 1. The van der Waals surface area contributed by atoms with Gasteiger partial charge in [0.2, 0.25) is 0 Å². The molecule has 0 spiro atoms. The SMILES string of the molecule is C1CC1.Cc1cccc(-c2ccc3nc(N)c(C=O)n3c2)c1C. The molecule has 0 atom stereocenters. The maximum Gasteiger partial charge on any atom is 0.170 e. The van der Waals surface area contributed by atoms with Crippen molar-refractivity contribution in [3.05, 3.63) is 53.3 Å². The van der Waals surface area contributed by atoms with Crippen molar-refractivity contribution >= 4 is 17.8 Å². The summed E-state index contributed by atoms with van der Waals surface area (Å²) in [6, 6.07) is 10.1. The van der Waals surface area contributed by atoms with Gasteiger partial charge in [-0.2, -0.15) is 0 Å². The predicted molar refractivity (Wildman–Crippen MR) is 93.8 cm³/mol. The first kappa shape index (κ1) is 15.3. The first-order valence-electron chi connectivity index (χ1n) is 7.91. The van der Waals surface area contributed by atoms with Gasteiger partial charge in [-0.05, 0) is 48.2 Å². The summed E-state index contributed by atoms with van der Waals surface area (Å²) in [5, 5.41) is 0. The monoisotopic (exact) mass is 307 g/mol. The maximum atomic E-state index is 11.1. The van der Waals surface area contributed by atoms with Gasteiger partial charge in [0.1, 0.15) is 11.3 Å². The van der Waals surface area contributed by atoms with Gasteiger partial charge in [-0.3, -0.25) is 9.20 Å². The molecule has 23 heavy (non-hydrogen) atoms. The largest absolute Gasteiger partial charge is 0.382 e. The molecule has 2 aromatic heterocycles. The number of pyridine rings is 1. The summed E-state index contributed by atoms with van der Waals surface area (Å²) in [5.74, 6) is 0.262. The molecule has 1 aliphatic carbocycles. The van der Waals surface area contributed by atoms with Gasteiger partial charge in [-0.15, -0.1) is 0 Å². The molecule has 0 aliphatic heterocycles. The summed E-state index contributed by atoms with van der Waals surface area (Å²) in [4.78, 5) is 15.3. The van der Waals surface area contributed by atoms with Crippen molar-refractivity contribution < 1.29 is 4.79 Å². The Labute approximate surface area is 136 Å². The van der Waals surface area contributed by atoms with Crippen LogP contribution in [0.2, 0.25) is 0 Å². The molecule has 1 fully saturated rings. The summed E-state index contributed by atoms with van der Waals surface area (Å²) < 4.78 is 1.74. The topological polar surface area (TPSA) is 60.4 Å². The molecule has 0 bridgehead atoms. The van der Waals surface area contributed by atoms with Crippen molar-refractivity contribution in [2.24, 2.45) is 0 Å². The molecule has 4 rings (SSSR count). The number of nitrogen functional groups attached to an aromatic ring is 1. The van der Waals surface area contributed by atoms with Crippen LogP contribution in [0.3, 0.4) is 0 Å². The Morgan fingerprint density at radius 2 is 1.87 bits per heavy atom. The van der Waals surface area contributed by atoms with E-state index in [9.17, 15) is 4.79 Å². The van der Waals surface area contributed by atoms with E-state index < -0.39 is 0 Å². The normalized spacial score (nSPS) is 12.6. The molecule has 1 aromatic carbocycles. The Bertz CT molecular complexity index is 860. The minimum absolute atomic E-state index is 0.262. The van der Waals surface area contributed by atoms with Crippen LogP contribution < -0.4 is 5.73 Å². The number of hydrogen-bond acceptors (Lipinski definition) is 3. The number of fused-ring (bicyclic) bond motifs is 1. The summed E-state index contributed by atoms with van der Waals surface area (Å²) >= 11 is 0. The lowest BCUT2D eigenvalue weighted by atomic mass is 9.98. The van der Waals surface area contributed by atoms with Crippen LogP contribution in [-0.4, -0.2) is 15.7 Å². The van der Waals surface area contributed by atoms with E-state index in [1.807, 2.05) is 24.4 Å². The van der Waals surface area contributed by atoms with Crippen molar-refractivity contribution in [2.45, 2.75) is 33.1 Å². The summed E-state index contributed by atoms with van der Waals surface area (Å²) in [6.07, 6.45) is 7.15. The van der Waals surface area contributed by atoms with Crippen LogP contribution in [0.1, 0.15) is 40.9 Å². The molecule has 2 heterocycles. The highest BCUT2D eigenvalue weighted by Crippen LogP contribution is 2.26. The molecule has 0 saturated heterocycles. The van der Waals surface area contributed by atoms with Gasteiger partial charge in [0.25, 0.3) is 0 Å². The van der Waals surface area contributed by atoms with E-state index in [0.717, 1.165) is 17.4 Å². The molecule has 4 heteroatoms. The van der Waals surface area contributed by atoms with Crippen LogP contribution >= 0.6 is 0 Å². The standard InChI is InChI=1S/C16H15N3O.C3H6/c1-10-4-3-5-13(11(10)2)12-6-7-15-18-16(17)14(9-20)19(15)8-12;1-2-3-1/h3-9H,17H2,1-2H3;1-3H2. The van der Waals surface area contributed by atoms with Crippen molar-refractivity contribution in [1.82, 2.24) is 9.38 Å². The zero-order chi connectivity index (χ0) is 16.4. The zero-order valence-corrected chi connectivity index (χ0v) is 13.5. The minimum atomic E-state index is 0.262. The van der Waals surface area contributed by atoms with Crippen molar-refractivity contribution in [1.29, 1.82) is 0 Å². The number of imidazole rings is 1. The van der Waals surface area contributed by atoms with E-state index >= 15 is 0 Å². The van der Waals surface area contributed by atoms with Gasteiger partial charge >= 0.3 is 0 Å². The van der Waals surface area contributed by atoms with E-state index in [1.54, 1.807) is 4.40 Å². The lowest BCUT2D eigenvalue weighted by molar-refractivity contribution is 0.111. The average Bonchev–Trinajstić information content (AvgIpc) is 3.38. The lowest BCUT2D eigenvalue weighted by Crippen LogP contribution is -1.96. The van der Waals surface area contributed by atoms with Crippen LogP contribution in [-0.2, 0) is 0 Å². The second-order valence-electron chi connectivity index (χ2n) is 5.95. The number of rotatable bonds is 2. The number of carbonyl (C=O) groups excluding carboxylic acids is 1. The quantitative estimate of drug-likeness (QED) is 0.722. The second-order valence-corrected chi connectivity index (χ2v) is 5.95. The van der Waals surface area contributed by atoms with Crippen molar-refractivity contribution in [3.63, 3.8) is 0 Å². The number of benzene rings is 1. The molecule has 118 valence electrons. The number of aromatic nitrogens is 2. The molecule has 2 N–H and O–H groups in total. The third-order valence-corrected chi connectivity index (χ3v) is 4.06. The first-order chi connectivity index (χ1) is 11.1. The number of aldehydes is 1. The number of nitrogens with two attached hydrogens (primary N) is 1. The lowest BCUT2D eigenvalue weighted by Gasteiger charge is -2.09. The molecule has 4 nitrogen and oxygen atoms in total. The van der Waals surface area contributed by atoms with Crippen LogP contribution in [0.5, 0.6) is 0 Å². The predicted octanol–water partition coefficient (Wildman–Crippen LogP) is 4.18. The van der Waals surface area contributed by atoms with Gasteiger partial charge in [0.15, 0.2) is 12.1 Å². The van der Waals surface area contributed by atoms with Crippen LogP contribution in [0.25, 0.3) is 16.8 Å². The molecule has 1 aliphatic rings. The van der Waals surface area contributed by atoms with E-state index in [4.69, 9.17) is 5.73 Å². The van der Waals surface area contributed by atoms with E-state index in [0.29, 0.717) is 11.3 Å². The highest BCUT2D eigenvalue weighted by molar-refractivity contribution is 5.82. The first-order valence-corrected chi connectivity index (χ1v) is 7.91. The minimum Gasteiger partial charge on any atom is -0.382 e. The van der Waals surface area contributed by atoms with E-state index in [2.05, 4.69) is 31.0 Å². The van der Waals surface area contributed by atoms with Crippen LogP contribution in [0, 0.1) is 13.8 Å². The van der Waals surface area contributed by atoms with E-state index in [1.165, 1.54) is 30.4 Å². The average molecular weight is 307 g/mol. The fourth-order valence-electron chi connectivity index (χ4n) is 2.42. The number of anilines is 1. The number of nitrogens with zero attached hydrogens (tertiary/aromatic N) is 2. The third kappa shape index (κ3) is 3.11. The Balaban J connectivity index is 0.000000468. The molecular weight excluding hydrogens is 286 g/mol. The smallest absolute Gasteiger partial charge is 0.170 e. The Kier molecular flexibility index (Phi) is 4.15. The Morgan fingerprint density at radius 3 is 2.52 bits per heavy atom. The fraction of sp³-hybridized carbons (Fsp3) is 0.263. The Hall–Kier alpha value is -2.62. The molecular formula is C19H21N3O. The van der Waals surface area contributed by atoms with Gasteiger partial charge in [-0.25, -0.2) is 4.98 Å². The van der Waals surface area contributed by atoms with Crippen molar-refractivity contribution in [3.8, 4) is 11.1 Å². The zero-order valence-electron chi connectivity index (χ0n) is 13.5. The molecule has 0 unspecified atom stereocenters. The third-order valence-electron chi connectivity index (χ3n) is 4.06. The summed E-state index contributed by atoms with van der Waals surface area (Å²) in [5.41, 5.74) is 11.5. The fourth-order valence-corrected chi connectivity index (χ4v) is 2.42. The second kappa shape index (κ2) is 6.24. The van der Waals surface area contributed by atoms with E-state index in [-0.39, 0.29) is 5.82 Å². The molecule has 0 amide bonds. The summed E-state index contributed by atoms with van der Waals surface area (Å²) in [6.45, 7) is 4.18. The molecule has 3 aromatic rings. The number of carbonyl (C=O) groups is 1. The van der Waals surface area contributed by atoms with Gasteiger partial charge < -0.3 is 5.73 Å². The highest BCUT2D eigenvalue weighted by Gasteiger charge is 2.10. The van der Waals surface area contributed by atoms with Gasteiger partial charge in [0.05, 0.1) is 0 Å². The summed E-state index contributed by atoms with van der Waals surface area (Å²) in [7, 11) is 0. The maximum absolute atomic E-state index is 11.1. The Morgan fingerprint density at radius 1 is 1.13 bits per heavy atom. The van der Waals surface area contributed by atoms with Gasteiger partial charge in [0, 0.05) is 6.20 Å². The molecule has 1 saturated carbocycles. The van der Waals surface area contributed by atoms with Gasteiger partial charge in [-0.1, -0.05) is 37.5 Å².